The van der Waals surface area contributed by atoms with Crippen molar-refractivity contribution in [3.8, 4) is 11.5 Å². The van der Waals surface area contributed by atoms with E-state index in [4.69, 9.17) is 0 Å². The van der Waals surface area contributed by atoms with Crippen LogP contribution in [0, 0.1) is 42.5 Å². The standard InChI is InChI=1S/2C11H16O.2C10H9.2CH3.Si.Zr/c2*1-8-5-6-10(12)9(7-8)11(2,3)4;2*1-8-6-9-4-2-3-5-10(9)7-8;;;;/h2*5-7,12H,1-4H3;2*2-7H,1H3;2*1H3;;/q;;4*-1;;. The monoisotopic (exact) mass is 734 g/mol. The minimum atomic E-state index is 0. The molecule has 0 spiro atoms. The molecule has 0 fully saturated rings. The van der Waals surface area contributed by atoms with Crippen molar-refractivity contribution in [1.29, 1.82) is 0 Å². The molecule has 6 rings (SSSR count). The van der Waals surface area contributed by atoms with Crippen molar-refractivity contribution < 1.29 is 33.5 Å². The van der Waals surface area contributed by atoms with Crippen LogP contribution in [0.1, 0.15) is 74.9 Å². The predicted octanol–water partition coefficient (Wildman–Crippen LogP) is 12.2. The van der Waals surface area contributed by atoms with Gasteiger partial charge in [-0.2, -0.15) is 12.1 Å². The second kappa shape index (κ2) is 20.3. The molecule has 2 nitrogen and oxygen atoms in total. The van der Waals surface area contributed by atoms with Crippen LogP contribution in [0.4, 0.5) is 0 Å². The molecule has 48 heavy (non-hydrogen) atoms. The SMILES string of the molecule is Cc1cc2ccccc2[cH-]1.Cc1cc2ccccc2[cH-]1.Cc1ccc(O)c(C(C)(C)C)c1.Cc1ccc(O)c(C(C)(C)C)c1.[CH3-].[CH3-].[Si]=[Zr]. The van der Waals surface area contributed by atoms with Crippen LogP contribution in [0.2, 0.25) is 0 Å². The number of hydrogen-bond acceptors (Lipinski definition) is 2. The summed E-state index contributed by atoms with van der Waals surface area (Å²) in [7, 11) is 0. The quantitative estimate of drug-likeness (QED) is 0.120. The molecule has 0 aliphatic rings. The second-order valence-electron chi connectivity index (χ2n) is 13.9. The van der Waals surface area contributed by atoms with Crippen LogP contribution in [0.15, 0.2) is 109 Å². The Hall–Kier alpha value is -3.20. The molecule has 0 aliphatic carbocycles. The molecule has 6 aromatic carbocycles. The Morgan fingerprint density at radius 3 is 1.08 bits per heavy atom. The Labute approximate surface area is 309 Å². The molecule has 0 atom stereocenters. The summed E-state index contributed by atoms with van der Waals surface area (Å²) in [4.78, 5) is 0. The zero-order valence-corrected chi connectivity index (χ0v) is 34.7. The first-order valence-electron chi connectivity index (χ1n) is 15.6. The Morgan fingerprint density at radius 2 is 0.812 bits per heavy atom. The summed E-state index contributed by atoms with van der Waals surface area (Å²) in [6.07, 6.45) is 0. The van der Waals surface area contributed by atoms with Crippen LogP contribution in [0.25, 0.3) is 21.5 Å². The van der Waals surface area contributed by atoms with Gasteiger partial charge in [-0.1, -0.05) is 103 Å². The Bertz CT molecular complexity index is 1610. The van der Waals surface area contributed by atoms with Gasteiger partial charge in [-0.05, 0) is 47.9 Å². The predicted molar refractivity (Wildman–Crippen MR) is 210 cm³/mol. The molecule has 2 radical (unpaired) electrons. The van der Waals surface area contributed by atoms with Crippen molar-refractivity contribution in [1.82, 2.24) is 0 Å². The maximum atomic E-state index is 9.57. The van der Waals surface area contributed by atoms with Gasteiger partial charge in [-0.25, -0.2) is 0 Å². The molecule has 0 unspecified atom stereocenters. The molecule has 0 amide bonds. The van der Waals surface area contributed by atoms with Gasteiger partial charge in [0.15, 0.2) is 0 Å². The maximum absolute atomic E-state index is 9.57. The molecular formula is C44H56O2SiZr-4. The molecule has 256 valence electrons. The number of aryl methyl sites for hydroxylation is 4. The van der Waals surface area contributed by atoms with Gasteiger partial charge in [0.05, 0.1) is 0 Å². The molecule has 0 saturated carbocycles. The van der Waals surface area contributed by atoms with Crippen LogP contribution < -0.4 is 0 Å². The number of phenolic OH excluding ortho intramolecular Hbond substituents is 2. The van der Waals surface area contributed by atoms with Gasteiger partial charge in [0, 0.05) is 0 Å². The van der Waals surface area contributed by atoms with E-state index in [-0.39, 0.29) is 25.7 Å². The number of benzene rings is 4. The number of phenols is 2. The first-order valence-corrected chi connectivity index (χ1v) is 19.8. The molecule has 4 heteroatoms. The van der Waals surface area contributed by atoms with Crippen LogP contribution >= 0.6 is 0 Å². The van der Waals surface area contributed by atoms with Crippen LogP contribution in [-0.2, 0) is 34.2 Å². The van der Waals surface area contributed by atoms with E-state index in [1.165, 1.54) is 67.1 Å². The van der Waals surface area contributed by atoms with Crippen molar-refractivity contribution in [3.05, 3.63) is 157 Å². The molecule has 0 bridgehead atoms. The van der Waals surface area contributed by atoms with Crippen molar-refractivity contribution in [3.63, 3.8) is 0 Å². The first kappa shape index (κ1) is 44.8. The summed E-state index contributed by atoms with van der Waals surface area (Å²) in [5.41, 5.74) is 7.16. The Morgan fingerprint density at radius 1 is 0.500 bits per heavy atom. The summed E-state index contributed by atoms with van der Waals surface area (Å²) >= 11 is 1.36. The zero-order chi connectivity index (χ0) is 34.7. The van der Waals surface area contributed by atoms with Gasteiger partial charge < -0.3 is 25.1 Å². The van der Waals surface area contributed by atoms with Gasteiger partial charge in [0.25, 0.3) is 0 Å². The fraction of sp³-hybridized carbons (Fsp3) is 0.273. The topological polar surface area (TPSA) is 40.5 Å². The van der Waals surface area contributed by atoms with Gasteiger partial charge >= 0.3 is 30.2 Å². The third-order valence-corrected chi connectivity index (χ3v) is 7.44. The van der Waals surface area contributed by atoms with Crippen molar-refractivity contribution in [2.24, 2.45) is 0 Å². The third kappa shape index (κ3) is 14.1. The summed E-state index contributed by atoms with van der Waals surface area (Å²) in [5, 5.41) is 24.5. The second-order valence-corrected chi connectivity index (χ2v) is 13.9. The van der Waals surface area contributed by atoms with Crippen LogP contribution in [-0.4, -0.2) is 17.1 Å². The van der Waals surface area contributed by atoms with Crippen LogP contribution in [0.3, 0.4) is 0 Å². The van der Waals surface area contributed by atoms with Gasteiger partial charge in [-0.3, -0.25) is 0 Å². The van der Waals surface area contributed by atoms with E-state index in [1.807, 2.05) is 38.1 Å². The molecule has 0 saturated heterocycles. The average molecular weight is 736 g/mol. The molecule has 0 heterocycles. The van der Waals surface area contributed by atoms with E-state index < -0.39 is 0 Å². The molecular weight excluding hydrogens is 680 g/mol. The normalized spacial score (nSPS) is 10.3. The van der Waals surface area contributed by atoms with Crippen molar-refractivity contribution >= 4 is 28.4 Å². The fourth-order valence-corrected chi connectivity index (χ4v) is 5.11. The van der Waals surface area contributed by atoms with E-state index in [0.717, 1.165) is 11.1 Å². The Balaban J connectivity index is 0.000000596. The number of fused-ring (bicyclic) bond motifs is 2. The minimum absolute atomic E-state index is 0. The van der Waals surface area contributed by atoms with E-state index in [1.54, 1.807) is 12.1 Å². The van der Waals surface area contributed by atoms with Crippen LogP contribution in [0.5, 0.6) is 11.5 Å². The van der Waals surface area contributed by atoms with Crippen molar-refractivity contribution in [2.45, 2.75) is 80.1 Å². The number of rotatable bonds is 0. The van der Waals surface area contributed by atoms with E-state index >= 15 is 0 Å². The average Bonchev–Trinajstić information content (AvgIpc) is 3.57. The number of hydrogen-bond donors (Lipinski definition) is 2. The zero-order valence-electron chi connectivity index (χ0n) is 31.3. The van der Waals surface area contributed by atoms with E-state index in [0.29, 0.717) is 11.5 Å². The Kier molecular flexibility index (Phi) is 19.0. The molecule has 2 N–H and O–H groups in total. The third-order valence-electron chi connectivity index (χ3n) is 7.44. The number of aromatic hydroxyl groups is 2. The molecule has 6 aromatic rings. The fourth-order valence-electron chi connectivity index (χ4n) is 5.11. The van der Waals surface area contributed by atoms with Gasteiger partial charge in [0.2, 0.25) is 0 Å². The summed E-state index contributed by atoms with van der Waals surface area (Å²) in [6, 6.07) is 37.1. The summed E-state index contributed by atoms with van der Waals surface area (Å²) < 4.78 is 0. The van der Waals surface area contributed by atoms with Gasteiger partial charge in [0.1, 0.15) is 11.5 Å². The molecule has 0 aliphatic heterocycles. The molecule has 0 aromatic heterocycles. The van der Waals surface area contributed by atoms with Crippen molar-refractivity contribution in [2.75, 3.05) is 0 Å². The summed E-state index contributed by atoms with van der Waals surface area (Å²) in [6.45, 7) is 24.0. The first-order chi connectivity index (χ1) is 21.5. The van der Waals surface area contributed by atoms with Gasteiger partial charge in [-0.15, -0.1) is 81.2 Å². The van der Waals surface area contributed by atoms with E-state index in [2.05, 4.69) is 135 Å². The summed E-state index contributed by atoms with van der Waals surface area (Å²) in [5.74, 6) is 0.793. The van der Waals surface area contributed by atoms with E-state index in [9.17, 15) is 10.2 Å².